The van der Waals surface area contributed by atoms with E-state index in [1.165, 1.54) is 0 Å². The van der Waals surface area contributed by atoms with Crippen LogP contribution in [0.15, 0.2) is 65.3 Å². The maximum atomic E-state index is 13.4. The second kappa shape index (κ2) is 11.0. The van der Waals surface area contributed by atoms with Crippen LogP contribution < -0.4 is 5.73 Å². The number of aliphatic carboxylic acids is 1. The summed E-state index contributed by atoms with van der Waals surface area (Å²) in [5.74, 6) is -0.440. The normalized spacial score (nSPS) is 14.0. The number of carboxylic acid groups (broad SMARTS) is 1. The van der Waals surface area contributed by atoms with E-state index in [0.29, 0.717) is 18.7 Å². The molecule has 6 heteroatoms. The van der Waals surface area contributed by atoms with E-state index in [1.54, 1.807) is 20.1 Å². The molecule has 2 unspecified atom stereocenters. The van der Waals surface area contributed by atoms with E-state index >= 15 is 0 Å². The van der Waals surface area contributed by atoms with E-state index in [1.807, 2.05) is 73.3 Å². The highest BCUT2D eigenvalue weighted by molar-refractivity contribution is 6.01. The molecule has 0 saturated carbocycles. The second-order valence-corrected chi connectivity index (χ2v) is 11.7. The van der Waals surface area contributed by atoms with Crippen LogP contribution in [0.2, 0.25) is 0 Å². The number of hydrogen-bond acceptors (Lipinski definition) is 5. The standard InChI is InChI=1S/C31H40N2O4/c1-20-10-15-25(21(2)17-20)26(34)28(32)33(19-24-9-8-16-37-24)18-22-11-13-23(14-12-22)27(30(3,4)5)31(6,7)29(35)36/h8-17,27-28H,18-19,32H2,1-7H3,(H,35,36). The van der Waals surface area contributed by atoms with Crippen LogP contribution in [0.4, 0.5) is 0 Å². The van der Waals surface area contributed by atoms with Crippen molar-refractivity contribution in [3.63, 3.8) is 0 Å². The fourth-order valence-corrected chi connectivity index (χ4v) is 5.44. The van der Waals surface area contributed by atoms with Gasteiger partial charge in [0.15, 0.2) is 5.78 Å². The van der Waals surface area contributed by atoms with E-state index < -0.39 is 17.6 Å². The number of rotatable bonds is 10. The maximum absolute atomic E-state index is 13.4. The molecule has 2 atom stereocenters. The molecule has 3 N–H and O–H groups in total. The molecule has 6 nitrogen and oxygen atoms in total. The quantitative estimate of drug-likeness (QED) is 0.248. The third-order valence-corrected chi connectivity index (χ3v) is 7.09. The van der Waals surface area contributed by atoms with Gasteiger partial charge in [-0.3, -0.25) is 14.5 Å². The van der Waals surface area contributed by atoms with Gasteiger partial charge in [-0.15, -0.1) is 0 Å². The summed E-state index contributed by atoms with van der Waals surface area (Å²) in [7, 11) is 0. The summed E-state index contributed by atoms with van der Waals surface area (Å²) in [5.41, 5.74) is 9.91. The van der Waals surface area contributed by atoms with Crippen LogP contribution in [0.3, 0.4) is 0 Å². The highest BCUT2D eigenvalue weighted by Gasteiger charge is 2.44. The lowest BCUT2D eigenvalue weighted by Gasteiger charge is -2.40. The van der Waals surface area contributed by atoms with E-state index in [2.05, 4.69) is 20.8 Å². The van der Waals surface area contributed by atoms with E-state index in [4.69, 9.17) is 10.2 Å². The smallest absolute Gasteiger partial charge is 0.309 e. The van der Waals surface area contributed by atoms with Crippen molar-refractivity contribution in [2.24, 2.45) is 16.6 Å². The summed E-state index contributed by atoms with van der Waals surface area (Å²) in [4.78, 5) is 27.4. The molecule has 1 aromatic heterocycles. The average molecular weight is 505 g/mol. The van der Waals surface area contributed by atoms with Gasteiger partial charge < -0.3 is 15.3 Å². The molecule has 198 valence electrons. The summed E-state index contributed by atoms with van der Waals surface area (Å²) in [6, 6.07) is 17.4. The Hall–Kier alpha value is -3.22. The van der Waals surface area contributed by atoms with Crippen molar-refractivity contribution in [2.45, 2.75) is 73.6 Å². The molecule has 3 rings (SSSR count). The van der Waals surface area contributed by atoms with Crippen LogP contribution in [-0.4, -0.2) is 27.9 Å². The minimum atomic E-state index is -0.939. The summed E-state index contributed by atoms with van der Waals surface area (Å²) in [6.07, 6.45) is 0.746. The number of furan rings is 1. The summed E-state index contributed by atoms with van der Waals surface area (Å²) >= 11 is 0. The average Bonchev–Trinajstić information content (AvgIpc) is 3.31. The molecule has 1 heterocycles. The van der Waals surface area contributed by atoms with Crippen molar-refractivity contribution in [3.8, 4) is 0 Å². The number of nitrogens with two attached hydrogens (primary N) is 1. The summed E-state index contributed by atoms with van der Waals surface area (Å²) in [5, 5.41) is 9.91. The molecule has 0 aliphatic heterocycles. The third-order valence-electron chi connectivity index (χ3n) is 7.09. The Labute approximate surface area is 220 Å². The third kappa shape index (κ3) is 6.56. The maximum Gasteiger partial charge on any atom is 0.309 e. The molecule has 0 aliphatic carbocycles. The Kier molecular flexibility index (Phi) is 8.45. The fraction of sp³-hybridized carbons (Fsp3) is 0.419. The lowest BCUT2D eigenvalue weighted by Crippen LogP contribution is -2.47. The Morgan fingerprint density at radius 1 is 0.973 bits per heavy atom. The summed E-state index contributed by atoms with van der Waals surface area (Å²) < 4.78 is 5.56. The van der Waals surface area contributed by atoms with E-state index in [-0.39, 0.29) is 17.1 Å². The van der Waals surface area contributed by atoms with Gasteiger partial charge in [0.1, 0.15) is 11.9 Å². The van der Waals surface area contributed by atoms with Gasteiger partial charge in [-0.05, 0) is 61.9 Å². The van der Waals surface area contributed by atoms with Crippen LogP contribution >= 0.6 is 0 Å². The Morgan fingerprint density at radius 3 is 2.14 bits per heavy atom. The predicted octanol–water partition coefficient (Wildman–Crippen LogP) is 6.31. The van der Waals surface area contributed by atoms with Crippen molar-refractivity contribution >= 4 is 11.8 Å². The Bertz CT molecular complexity index is 1220. The zero-order chi connectivity index (χ0) is 27.5. The van der Waals surface area contributed by atoms with Gasteiger partial charge in [0.25, 0.3) is 0 Å². The zero-order valence-corrected chi connectivity index (χ0v) is 23.0. The summed E-state index contributed by atoms with van der Waals surface area (Å²) in [6.45, 7) is 14.5. The molecule has 3 aromatic rings. The number of carboxylic acids is 1. The van der Waals surface area contributed by atoms with Gasteiger partial charge in [-0.25, -0.2) is 0 Å². The number of Topliss-reactive ketones (excluding diaryl/α,β-unsaturated/α-hetero) is 1. The molecule has 0 amide bonds. The number of nitrogens with zero attached hydrogens (tertiary/aromatic N) is 1. The molecule has 0 radical (unpaired) electrons. The first-order chi connectivity index (χ1) is 17.2. The van der Waals surface area contributed by atoms with Crippen LogP contribution in [0, 0.1) is 24.7 Å². The number of benzene rings is 2. The largest absolute Gasteiger partial charge is 0.481 e. The predicted molar refractivity (Wildman–Crippen MR) is 146 cm³/mol. The van der Waals surface area contributed by atoms with Crippen molar-refractivity contribution in [3.05, 3.63) is 94.4 Å². The molecule has 37 heavy (non-hydrogen) atoms. The molecule has 0 aliphatic rings. The SMILES string of the molecule is Cc1ccc(C(=O)C(N)N(Cc2ccc(C(C(C)(C)C)C(C)(C)C(=O)O)cc2)Cc2ccco2)c(C)c1. The minimum absolute atomic E-state index is 0.142. The van der Waals surface area contributed by atoms with Gasteiger partial charge in [0, 0.05) is 18.0 Å². The highest BCUT2D eigenvalue weighted by Crippen LogP contribution is 2.47. The first kappa shape index (κ1) is 28.4. The lowest BCUT2D eigenvalue weighted by molar-refractivity contribution is -0.150. The van der Waals surface area contributed by atoms with Crippen LogP contribution in [0.1, 0.15) is 78.9 Å². The van der Waals surface area contributed by atoms with Crippen molar-refractivity contribution in [2.75, 3.05) is 0 Å². The number of carbonyl (C=O) groups excluding carboxylic acids is 1. The number of hydrogen-bond donors (Lipinski definition) is 2. The van der Waals surface area contributed by atoms with Crippen molar-refractivity contribution in [1.29, 1.82) is 0 Å². The van der Waals surface area contributed by atoms with Crippen LogP contribution in [0.25, 0.3) is 0 Å². The van der Waals surface area contributed by atoms with E-state index in [9.17, 15) is 14.7 Å². The second-order valence-electron chi connectivity index (χ2n) is 11.7. The molecule has 0 bridgehead atoms. The number of ketones is 1. The van der Waals surface area contributed by atoms with Crippen molar-refractivity contribution in [1.82, 2.24) is 4.90 Å². The lowest BCUT2D eigenvalue weighted by atomic mass is 9.63. The molecule has 0 fully saturated rings. The molecule has 0 spiro atoms. The minimum Gasteiger partial charge on any atom is -0.481 e. The van der Waals surface area contributed by atoms with Crippen molar-refractivity contribution < 1.29 is 19.1 Å². The number of carbonyl (C=O) groups is 2. The first-order valence-corrected chi connectivity index (χ1v) is 12.7. The van der Waals surface area contributed by atoms with E-state index in [0.717, 1.165) is 28.0 Å². The Morgan fingerprint density at radius 2 is 1.62 bits per heavy atom. The molecular formula is C31H40N2O4. The zero-order valence-electron chi connectivity index (χ0n) is 23.0. The van der Waals surface area contributed by atoms with Gasteiger partial charge in [-0.1, -0.05) is 68.8 Å². The van der Waals surface area contributed by atoms with Gasteiger partial charge in [0.05, 0.1) is 18.2 Å². The molecule has 2 aromatic carbocycles. The van der Waals surface area contributed by atoms with Gasteiger partial charge in [0.2, 0.25) is 0 Å². The highest BCUT2D eigenvalue weighted by atomic mass is 16.4. The molecule has 0 saturated heterocycles. The van der Waals surface area contributed by atoms with Gasteiger partial charge >= 0.3 is 5.97 Å². The van der Waals surface area contributed by atoms with Crippen LogP contribution in [0.5, 0.6) is 0 Å². The van der Waals surface area contributed by atoms with Gasteiger partial charge in [-0.2, -0.15) is 0 Å². The first-order valence-electron chi connectivity index (χ1n) is 12.7. The fourth-order valence-electron chi connectivity index (χ4n) is 5.44. The molecular weight excluding hydrogens is 464 g/mol. The van der Waals surface area contributed by atoms with Crippen LogP contribution in [-0.2, 0) is 17.9 Å². The Balaban J connectivity index is 1.90. The monoisotopic (exact) mass is 504 g/mol. The number of aryl methyl sites for hydroxylation is 2. The topological polar surface area (TPSA) is 96.8 Å².